The molecule has 6 heteroatoms. The number of carbonyl (C=O) groups excluding carboxylic acids is 2. The molecule has 5 rings (SSSR count). The molecular weight excluding hydrogens is 452 g/mol. The highest BCUT2D eigenvalue weighted by Gasteiger charge is 2.40. The van der Waals surface area contributed by atoms with Crippen LogP contribution in [0.25, 0.3) is 0 Å². The first-order valence-corrected chi connectivity index (χ1v) is 12.8. The fraction of sp³-hybridized carbons (Fsp3) is 0.333. The summed E-state index contributed by atoms with van der Waals surface area (Å²) in [5, 5.41) is 1.33. The van der Waals surface area contributed by atoms with Gasteiger partial charge in [-0.1, -0.05) is 54.6 Å². The molecule has 0 radical (unpaired) electrons. The molecule has 1 aromatic heterocycles. The number of aryl methyl sites for hydroxylation is 1. The zero-order valence-corrected chi connectivity index (χ0v) is 20.2. The highest BCUT2D eigenvalue weighted by atomic mass is 35.5. The van der Waals surface area contributed by atoms with Gasteiger partial charge in [-0.2, -0.15) is 0 Å². The number of carbonyl (C=O) groups is 2. The first-order valence-electron chi connectivity index (χ1n) is 11.5. The first kappa shape index (κ1) is 22.2. The quantitative estimate of drug-likeness (QED) is 0.439. The molecule has 1 saturated carbocycles. The molecule has 0 bridgehead atoms. The van der Waals surface area contributed by atoms with Gasteiger partial charge in [-0.05, 0) is 59.9 Å². The standard InChI is InChI=1S/C27H27ClN2O2S/c1-18-7-5-6-10-21(18)26-22-14-16-33-23(22)13-15-29(26)24(31)17-30(20-11-12-20)27(32)25(28)19-8-3-2-4-9-19/h2-10,14,16,20,25-26H,11-13,15,17H2,1H3. The van der Waals surface area contributed by atoms with Crippen molar-refractivity contribution in [1.29, 1.82) is 0 Å². The highest BCUT2D eigenvalue weighted by Crippen LogP contribution is 2.39. The summed E-state index contributed by atoms with van der Waals surface area (Å²) in [6.45, 7) is 2.82. The van der Waals surface area contributed by atoms with Crippen LogP contribution in [-0.4, -0.2) is 40.7 Å². The van der Waals surface area contributed by atoms with Gasteiger partial charge in [0, 0.05) is 17.5 Å². The number of benzene rings is 2. The molecule has 2 heterocycles. The zero-order chi connectivity index (χ0) is 22.9. The van der Waals surface area contributed by atoms with E-state index in [0.717, 1.165) is 30.4 Å². The predicted molar refractivity (Wildman–Crippen MR) is 133 cm³/mol. The summed E-state index contributed by atoms with van der Waals surface area (Å²) in [5.74, 6) is -0.198. The van der Waals surface area contributed by atoms with E-state index < -0.39 is 5.38 Å². The Kier molecular flexibility index (Phi) is 6.26. The van der Waals surface area contributed by atoms with Gasteiger partial charge in [0.05, 0.1) is 6.04 Å². The Morgan fingerprint density at radius 2 is 1.79 bits per heavy atom. The van der Waals surface area contributed by atoms with E-state index in [4.69, 9.17) is 11.6 Å². The molecule has 1 fully saturated rings. The number of fused-ring (bicyclic) bond motifs is 1. The van der Waals surface area contributed by atoms with Crippen molar-refractivity contribution in [2.45, 2.75) is 43.6 Å². The lowest BCUT2D eigenvalue weighted by atomic mass is 9.90. The van der Waals surface area contributed by atoms with Crippen LogP contribution in [0, 0.1) is 6.92 Å². The fourth-order valence-electron chi connectivity index (χ4n) is 4.73. The van der Waals surface area contributed by atoms with E-state index in [9.17, 15) is 9.59 Å². The molecule has 2 amide bonds. The summed E-state index contributed by atoms with van der Waals surface area (Å²) in [5.41, 5.74) is 4.28. The van der Waals surface area contributed by atoms with E-state index in [1.165, 1.54) is 16.0 Å². The van der Waals surface area contributed by atoms with Crippen molar-refractivity contribution in [3.63, 3.8) is 0 Å². The maximum Gasteiger partial charge on any atom is 0.245 e. The van der Waals surface area contributed by atoms with Crippen molar-refractivity contribution in [2.24, 2.45) is 0 Å². The summed E-state index contributed by atoms with van der Waals surface area (Å²) in [4.78, 5) is 32.1. The van der Waals surface area contributed by atoms with Crippen molar-refractivity contribution in [1.82, 2.24) is 9.80 Å². The smallest absolute Gasteiger partial charge is 0.245 e. The molecule has 1 aliphatic carbocycles. The van der Waals surface area contributed by atoms with Crippen molar-refractivity contribution in [3.05, 3.63) is 93.2 Å². The van der Waals surface area contributed by atoms with Crippen LogP contribution in [0.15, 0.2) is 66.0 Å². The summed E-state index contributed by atoms with van der Waals surface area (Å²) >= 11 is 8.33. The van der Waals surface area contributed by atoms with Crippen molar-refractivity contribution >= 4 is 34.8 Å². The molecule has 1 aliphatic heterocycles. The van der Waals surface area contributed by atoms with E-state index in [0.29, 0.717) is 6.54 Å². The van der Waals surface area contributed by atoms with Gasteiger partial charge in [-0.3, -0.25) is 9.59 Å². The number of hydrogen-bond donors (Lipinski definition) is 0. The molecule has 2 aromatic carbocycles. The molecule has 170 valence electrons. The molecular formula is C27H27ClN2O2S. The van der Waals surface area contributed by atoms with Crippen LogP contribution < -0.4 is 0 Å². The Bertz CT molecular complexity index is 1160. The van der Waals surface area contributed by atoms with Gasteiger partial charge >= 0.3 is 0 Å². The fourth-order valence-corrected chi connectivity index (χ4v) is 5.91. The number of alkyl halides is 1. The number of halogens is 1. The minimum Gasteiger partial charge on any atom is -0.330 e. The molecule has 0 N–H and O–H groups in total. The molecule has 2 aliphatic rings. The van der Waals surface area contributed by atoms with Crippen molar-refractivity contribution < 1.29 is 9.59 Å². The lowest BCUT2D eigenvalue weighted by molar-refractivity contribution is -0.142. The number of nitrogens with zero attached hydrogens (tertiary/aromatic N) is 2. The van der Waals surface area contributed by atoms with E-state index in [1.54, 1.807) is 16.2 Å². The van der Waals surface area contributed by atoms with E-state index in [1.807, 2.05) is 47.4 Å². The SMILES string of the molecule is Cc1ccccc1C1c2ccsc2CCN1C(=O)CN(C(=O)C(Cl)c1ccccc1)C1CC1. The second kappa shape index (κ2) is 9.32. The zero-order valence-electron chi connectivity index (χ0n) is 18.6. The second-order valence-corrected chi connectivity index (χ2v) is 10.3. The van der Waals surface area contributed by atoms with E-state index in [2.05, 4.69) is 30.5 Å². The molecule has 33 heavy (non-hydrogen) atoms. The summed E-state index contributed by atoms with van der Waals surface area (Å²) in [6.07, 6.45) is 2.70. The van der Waals surface area contributed by atoms with Crippen molar-refractivity contribution in [2.75, 3.05) is 13.1 Å². The van der Waals surface area contributed by atoms with Gasteiger partial charge in [0.25, 0.3) is 0 Å². The Morgan fingerprint density at radius 1 is 1.06 bits per heavy atom. The summed E-state index contributed by atoms with van der Waals surface area (Å²) in [6, 6.07) is 19.8. The Labute approximate surface area is 203 Å². The lowest BCUT2D eigenvalue weighted by Crippen LogP contribution is -2.48. The number of amides is 2. The molecule has 4 nitrogen and oxygen atoms in total. The minimum atomic E-state index is -0.781. The van der Waals surface area contributed by atoms with Gasteiger partial charge in [-0.15, -0.1) is 22.9 Å². The van der Waals surface area contributed by atoms with Crippen molar-refractivity contribution in [3.8, 4) is 0 Å². The van der Waals surface area contributed by atoms with Gasteiger partial charge < -0.3 is 9.80 Å². The number of rotatable bonds is 6. The normalized spacial score (nSPS) is 18.5. The lowest BCUT2D eigenvalue weighted by Gasteiger charge is -2.38. The minimum absolute atomic E-state index is 0.0164. The maximum absolute atomic E-state index is 13.7. The van der Waals surface area contributed by atoms with Crippen LogP contribution in [0.3, 0.4) is 0 Å². The average molecular weight is 479 g/mol. The Morgan fingerprint density at radius 3 is 2.52 bits per heavy atom. The van der Waals surface area contributed by atoms with Crippen LogP contribution in [0.1, 0.15) is 51.4 Å². The van der Waals surface area contributed by atoms with Crippen LogP contribution >= 0.6 is 22.9 Å². The highest BCUT2D eigenvalue weighted by molar-refractivity contribution is 7.10. The van der Waals surface area contributed by atoms with E-state index >= 15 is 0 Å². The van der Waals surface area contributed by atoms with Crippen LogP contribution in [0.2, 0.25) is 0 Å². The average Bonchev–Trinajstić information content (AvgIpc) is 3.57. The largest absolute Gasteiger partial charge is 0.330 e. The van der Waals surface area contributed by atoms with Gasteiger partial charge in [-0.25, -0.2) is 0 Å². The Balaban J connectivity index is 1.41. The molecule has 3 aromatic rings. The van der Waals surface area contributed by atoms with Gasteiger partial charge in [0.15, 0.2) is 0 Å². The third-order valence-electron chi connectivity index (χ3n) is 6.65. The second-order valence-electron chi connectivity index (χ2n) is 8.87. The summed E-state index contributed by atoms with van der Waals surface area (Å²) < 4.78 is 0. The van der Waals surface area contributed by atoms with Gasteiger partial charge in [0.1, 0.15) is 11.9 Å². The topological polar surface area (TPSA) is 40.6 Å². The van der Waals surface area contributed by atoms with Gasteiger partial charge in [0.2, 0.25) is 11.8 Å². The molecule has 0 saturated heterocycles. The number of hydrogen-bond acceptors (Lipinski definition) is 3. The third kappa shape index (κ3) is 4.44. The van der Waals surface area contributed by atoms with E-state index in [-0.39, 0.29) is 30.4 Å². The van der Waals surface area contributed by atoms with Crippen LogP contribution in [0.4, 0.5) is 0 Å². The predicted octanol–water partition coefficient (Wildman–Crippen LogP) is 5.50. The monoisotopic (exact) mass is 478 g/mol. The van der Waals surface area contributed by atoms with Crippen LogP contribution in [0.5, 0.6) is 0 Å². The third-order valence-corrected chi connectivity index (χ3v) is 8.09. The maximum atomic E-state index is 13.7. The van der Waals surface area contributed by atoms with Crippen LogP contribution in [-0.2, 0) is 16.0 Å². The Hall–Kier alpha value is -2.63. The molecule has 2 atom stereocenters. The molecule has 2 unspecified atom stereocenters. The summed E-state index contributed by atoms with van der Waals surface area (Å²) in [7, 11) is 0. The number of thiophene rings is 1. The first-order chi connectivity index (χ1) is 16.0. The molecule has 0 spiro atoms.